The molecule has 0 radical (unpaired) electrons. The number of ether oxygens (including phenoxy) is 2. The highest BCUT2D eigenvalue weighted by Gasteiger charge is 2.29. The van der Waals surface area contributed by atoms with Crippen LogP contribution in [-0.2, 0) is 0 Å². The number of nitrogens with two attached hydrogens (primary N) is 1. The average molecular weight is 283 g/mol. The topological polar surface area (TPSA) is 44.5 Å². The van der Waals surface area contributed by atoms with E-state index >= 15 is 0 Å². The molecule has 1 aliphatic rings. The summed E-state index contributed by atoms with van der Waals surface area (Å²) in [6.45, 7) is 4.68. The Bertz CT molecular complexity index is 607. The molecule has 2 aromatic carbocycles. The monoisotopic (exact) mass is 283 g/mol. The van der Waals surface area contributed by atoms with Crippen molar-refractivity contribution in [2.24, 2.45) is 5.73 Å². The smallest absolute Gasteiger partial charge is 0.122 e. The van der Waals surface area contributed by atoms with Gasteiger partial charge in [0.15, 0.2) is 0 Å². The predicted octanol–water partition coefficient (Wildman–Crippen LogP) is 3.65. The molecule has 0 amide bonds. The SMILES string of the molecule is CC(C)Oc1ccc(C(N)C2COc3ccccc32)cc1. The summed E-state index contributed by atoms with van der Waals surface area (Å²) in [7, 11) is 0. The molecule has 0 saturated carbocycles. The zero-order chi connectivity index (χ0) is 14.8. The fourth-order valence-electron chi connectivity index (χ4n) is 2.76. The van der Waals surface area contributed by atoms with Gasteiger partial charge in [-0.15, -0.1) is 0 Å². The van der Waals surface area contributed by atoms with Crippen LogP contribution in [0.2, 0.25) is 0 Å². The highest BCUT2D eigenvalue weighted by molar-refractivity contribution is 5.42. The fraction of sp³-hybridized carbons (Fsp3) is 0.333. The van der Waals surface area contributed by atoms with Crippen LogP contribution in [0.3, 0.4) is 0 Å². The first-order valence-corrected chi connectivity index (χ1v) is 7.39. The Morgan fingerprint density at radius 2 is 1.81 bits per heavy atom. The summed E-state index contributed by atoms with van der Waals surface area (Å²) >= 11 is 0. The second-order valence-electron chi connectivity index (χ2n) is 5.72. The summed E-state index contributed by atoms with van der Waals surface area (Å²) in [5.74, 6) is 2.04. The van der Waals surface area contributed by atoms with Crippen LogP contribution >= 0.6 is 0 Å². The van der Waals surface area contributed by atoms with Crippen molar-refractivity contribution in [1.82, 2.24) is 0 Å². The van der Waals surface area contributed by atoms with Crippen LogP contribution < -0.4 is 15.2 Å². The summed E-state index contributed by atoms with van der Waals surface area (Å²) in [5, 5.41) is 0. The van der Waals surface area contributed by atoms with E-state index in [4.69, 9.17) is 15.2 Å². The van der Waals surface area contributed by atoms with Crippen molar-refractivity contribution in [2.75, 3.05) is 6.61 Å². The molecule has 0 spiro atoms. The lowest BCUT2D eigenvalue weighted by molar-refractivity contribution is 0.242. The maximum Gasteiger partial charge on any atom is 0.122 e. The van der Waals surface area contributed by atoms with Crippen molar-refractivity contribution in [3.8, 4) is 11.5 Å². The van der Waals surface area contributed by atoms with Crippen LogP contribution in [0.1, 0.15) is 36.9 Å². The Labute approximate surface area is 125 Å². The molecule has 110 valence electrons. The molecule has 1 heterocycles. The van der Waals surface area contributed by atoms with Crippen molar-refractivity contribution in [3.05, 3.63) is 59.7 Å². The van der Waals surface area contributed by atoms with Gasteiger partial charge in [-0.1, -0.05) is 30.3 Å². The van der Waals surface area contributed by atoms with Crippen LogP contribution in [0, 0.1) is 0 Å². The molecule has 1 aliphatic heterocycles. The number of para-hydroxylation sites is 1. The maximum atomic E-state index is 6.45. The second kappa shape index (κ2) is 5.78. The molecular weight excluding hydrogens is 262 g/mol. The first-order valence-electron chi connectivity index (χ1n) is 7.39. The Morgan fingerprint density at radius 1 is 1.10 bits per heavy atom. The van der Waals surface area contributed by atoms with E-state index in [2.05, 4.69) is 6.07 Å². The van der Waals surface area contributed by atoms with Crippen LogP contribution in [-0.4, -0.2) is 12.7 Å². The van der Waals surface area contributed by atoms with Gasteiger partial charge in [0.25, 0.3) is 0 Å². The van der Waals surface area contributed by atoms with E-state index in [0.29, 0.717) is 6.61 Å². The molecule has 3 rings (SSSR count). The van der Waals surface area contributed by atoms with Crippen LogP contribution in [0.4, 0.5) is 0 Å². The third-order valence-corrected chi connectivity index (χ3v) is 3.81. The van der Waals surface area contributed by atoms with Gasteiger partial charge in [0, 0.05) is 17.5 Å². The lowest BCUT2D eigenvalue weighted by Crippen LogP contribution is -2.21. The van der Waals surface area contributed by atoms with Crippen molar-refractivity contribution < 1.29 is 9.47 Å². The third-order valence-electron chi connectivity index (χ3n) is 3.81. The predicted molar refractivity (Wildman–Crippen MR) is 83.8 cm³/mol. The van der Waals surface area contributed by atoms with Crippen molar-refractivity contribution in [1.29, 1.82) is 0 Å². The molecule has 0 aliphatic carbocycles. The first-order chi connectivity index (χ1) is 10.1. The lowest BCUT2D eigenvalue weighted by Gasteiger charge is -2.19. The molecule has 2 unspecified atom stereocenters. The minimum Gasteiger partial charge on any atom is -0.493 e. The van der Waals surface area contributed by atoms with E-state index in [9.17, 15) is 0 Å². The van der Waals surface area contributed by atoms with E-state index in [1.54, 1.807) is 0 Å². The van der Waals surface area contributed by atoms with Crippen molar-refractivity contribution in [2.45, 2.75) is 31.9 Å². The molecule has 21 heavy (non-hydrogen) atoms. The number of benzene rings is 2. The van der Waals surface area contributed by atoms with Crippen LogP contribution in [0.5, 0.6) is 11.5 Å². The average Bonchev–Trinajstić information content (AvgIpc) is 2.90. The van der Waals surface area contributed by atoms with Gasteiger partial charge in [0.05, 0.1) is 12.7 Å². The van der Waals surface area contributed by atoms with E-state index < -0.39 is 0 Å². The van der Waals surface area contributed by atoms with E-state index in [1.165, 1.54) is 5.56 Å². The second-order valence-corrected chi connectivity index (χ2v) is 5.72. The lowest BCUT2D eigenvalue weighted by atomic mass is 9.89. The number of rotatable bonds is 4. The molecule has 2 N–H and O–H groups in total. The molecule has 2 aromatic rings. The van der Waals surface area contributed by atoms with Gasteiger partial charge in [0.2, 0.25) is 0 Å². The van der Waals surface area contributed by atoms with Gasteiger partial charge in [-0.3, -0.25) is 0 Å². The molecular formula is C18H21NO2. The Morgan fingerprint density at radius 3 is 2.52 bits per heavy atom. The minimum absolute atomic E-state index is 0.0678. The summed E-state index contributed by atoms with van der Waals surface area (Å²) in [4.78, 5) is 0. The van der Waals surface area contributed by atoms with Crippen LogP contribution in [0.15, 0.2) is 48.5 Å². The highest BCUT2D eigenvalue weighted by atomic mass is 16.5. The molecule has 0 bridgehead atoms. The molecule has 2 atom stereocenters. The maximum absolute atomic E-state index is 6.45. The zero-order valence-electron chi connectivity index (χ0n) is 12.5. The van der Waals surface area contributed by atoms with E-state index in [0.717, 1.165) is 17.1 Å². The van der Waals surface area contributed by atoms with Gasteiger partial charge in [-0.05, 0) is 37.6 Å². The van der Waals surface area contributed by atoms with Crippen LogP contribution in [0.25, 0.3) is 0 Å². The molecule has 3 nitrogen and oxygen atoms in total. The quantitative estimate of drug-likeness (QED) is 0.931. The van der Waals surface area contributed by atoms with E-state index in [-0.39, 0.29) is 18.1 Å². The normalized spacial score (nSPS) is 18.2. The van der Waals surface area contributed by atoms with Gasteiger partial charge >= 0.3 is 0 Å². The summed E-state index contributed by atoms with van der Waals surface area (Å²) in [6.07, 6.45) is 0.180. The Balaban J connectivity index is 1.78. The van der Waals surface area contributed by atoms with E-state index in [1.807, 2.05) is 56.3 Å². The highest BCUT2D eigenvalue weighted by Crippen LogP contribution is 2.40. The van der Waals surface area contributed by atoms with Crippen molar-refractivity contribution >= 4 is 0 Å². The number of hydrogen-bond acceptors (Lipinski definition) is 3. The van der Waals surface area contributed by atoms with Gasteiger partial charge in [-0.25, -0.2) is 0 Å². The minimum atomic E-state index is -0.0678. The summed E-state index contributed by atoms with van der Waals surface area (Å²) in [5.41, 5.74) is 8.75. The first kappa shape index (κ1) is 14.0. The standard InChI is InChI=1S/C18H21NO2/c1-12(2)21-14-9-7-13(8-10-14)18(19)16-11-20-17-6-4-3-5-15(16)17/h3-10,12,16,18H,11,19H2,1-2H3. The van der Waals surface area contributed by atoms with Crippen molar-refractivity contribution in [3.63, 3.8) is 0 Å². The molecule has 3 heteroatoms. The third kappa shape index (κ3) is 2.88. The number of fused-ring (bicyclic) bond motifs is 1. The van der Waals surface area contributed by atoms with Gasteiger partial charge < -0.3 is 15.2 Å². The largest absolute Gasteiger partial charge is 0.493 e. The fourth-order valence-corrected chi connectivity index (χ4v) is 2.76. The number of hydrogen-bond donors (Lipinski definition) is 1. The summed E-state index contributed by atoms with van der Waals surface area (Å²) in [6, 6.07) is 16.1. The zero-order valence-corrected chi connectivity index (χ0v) is 12.5. The molecule has 0 saturated heterocycles. The Hall–Kier alpha value is -2.00. The molecule has 0 aromatic heterocycles. The molecule has 0 fully saturated rings. The van der Waals surface area contributed by atoms with Gasteiger partial charge in [0.1, 0.15) is 11.5 Å². The Kier molecular flexibility index (Phi) is 3.84. The van der Waals surface area contributed by atoms with Gasteiger partial charge in [-0.2, -0.15) is 0 Å². The summed E-state index contributed by atoms with van der Waals surface area (Å²) < 4.78 is 11.4.